The van der Waals surface area contributed by atoms with E-state index < -0.39 is 6.16 Å². The molecule has 0 atom stereocenters. The minimum absolute atomic E-state index is 0.155. The standard InChI is InChI=1S/C26H27N3O5/c1-4-33-26(32)34-23-15-9-20(10-16-23)25(31)28-21-11-5-18(6-12-21)17-27-24(30)19-7-13-22(14-8-19)29(2)3/h5-16H,4,17H2,1-3H3,(H,27,30)(H,28,31). The van der Waals surface area contributed by atoms with Crippen LogP contribution in [0.1, 0.15) is 33.2 Å². The molecule has 0 aliphatic carbocycles. The summed E-state index contributed by atoms with van der Waals surface area (Å²) in [6.45, 7) is 2.27. The Kier molecular flexibility index (Phi) is 8.23. The zero-order valence-corrected chi connectivity index (χ0v) is 19.3. The van der Waals surface area contributed by atoms with Crippen LogP contribution in [0.2, 0.25) is 0 Å². The van der Waals surface area contributed by atoms with Gasteiger partial charge in [0.1, 0.15) is 5.75 Å². The Hall–Kier alpha value is -4.33. The third-order valence-electron chi connectivity index (χ3n) is 4.89. The molecule has 3 aromatic rings. The first-order valence-electron chi connectivity index (χ1n) is 10.8. The molecule has 0 heterocycles. The van der Waals surface area contributed by atoms with Gasteiger partial charge in [-0.2, -0.15) is 0 Å². The van der Waals surface area contributed by atoms with Gasteiger partial charge < -0.3 is 25.0 Å². The van der Waals surface area contributed by atoms with E-state index in [4.69, 9.17) is 9.47 Å². The van der Waals surface area contributed by atoms with Crippen molar-refractivity contribution in [1.29, 1.82) is 0 Å². The molecule has 0 fully saturated rings. The molecule has 0 unspecified atom stereocenters. The molecule has 0 saturated heterocycles. The number of ether oxygens (including phenoxy) is 2. The molecule has 0 saturated carbocycles. The lowest BCUT2D eigenvalue weighted by Gasteiger charge is -2.12. The molecule has 8 heteroatoms. The first-order valence-corrected chi connectivity index (χ1v) is 10.8. The minimum Gasteiger partial charge on any atom is -0.434 e. The van der Waals surface area contributed by atoms with Crippen molar-refractivity contribution < 1.29 is 23.9 Å². The van der Waals surface area contributed by atoms with Gasteiger partial charge in [-0.3, -0.25) is 9.59 Å². The zero-order chi connectivity index (χ0) is 24.5. The van der Waals surface area contributed by atoms with Crippen molar-refractivity contribution in [2.45, 2.75) is 13.5 Å². The van der Waals surface area contributed by atoms with Gasteiger partial charge in [0, 0.05) is 43.1 Å². The topological polar surface area (TPSA) is 97.0 Å². The van der Waals surface area contributed by atoms with E-state index in [1.165, 1.54) is 12.1 Å². The number of hydrogen-bond acceptors (Lipinski definition) is 6. The number of amides is 2. The van der Waals surface area contributed by atoms with Crippen LogP contribution in [0.4, 0.5) is 16.2 Å². The summed E-state index contributed by atoms with van der Waals surface area (Å²) in [4.78, 5) is 38.1. The molecule has 0 bridgehead atoms. The molecule has 0 aliphatic heterocycles. The summed E-state index contributed by atoms with van der Waals surface area (Å²) < 4.78 is 9.69. The van der Waals surface area contributed by atoms with Crippen molar-refractivity contribution in [1.82, 2.24) is 5.32 Å². The molecule has 176 valence electrons. The van der Waals surface area contributed by atoms with Gasteiger partial charge in [0.15, 0.2) is 0 Å². The highest BCUT2D eigenvalue weighted by molar-refractivity contribution is 6.04. The number of nitrogens with one attached hydrogen (secondary N) is 2. The summed E-state index contributed by atoms with van der Waals surface area (Å²) >= 11 is 0. The fraction of sp³-hybridized carbons (Fsp3) is 0.192. The van der Waals surface area contributed by atoms with Crippen LogP contribution < -0.4 is 20.3 Å². The highest BCUT2D eigenvalue weighted by Gasteiger charge is 2.10. The highest BCUT2D eigenvalue weighted by Crippen LogP contribution is 2.16. The van der Waals surface area contributed by atoms with E-state index in [1.54, 1.807) is 43.3 Å². The molecule has 8 nitrogen and oxygen atoms in total. The summed E-state index contributed by atoms with van der Waals surface area (Å²) in [5.41, 5.74) is 3.54. The molecule has 3 aromatic carbocycles. The lowest BCUT2D eigenvalue weighted by Crippen LogP contribution is -2.22. The Morgan fingerprint density at radius 3 is 1.97 bits per heavy atom. The van der Waals surface area contributed by atoms with Crippen molar-refractivity contribution >= 4 is 29.3 Å². The Morgan fingerprint density at radius 1 is 0.794 bits per heavy atom. The van der Waals surface area contributed by atoms with E-state index >= 15 is 0 Å². The second kappa shape index (κ2) is 11.5. The molecule has 3 rings (SSSR count). The quantitative estimate of drug-likeness (QED) is 0.380. The fourth-order valence-electron chi connectivity index (χ4n) is 3.02. The predicted molar refractivity (Wildman–Crippen MR) is 130 cm³/mol. The van der Waals surface area contributed by atoms with Gasteiger partial charge in [-0.05, 0) is 73.2 Å². The Morgan fingerprint density at radius 2 is 1.38 bits per heavy atom. The zero-order valence-electron chi connectivity index (χ0n) is 19.3. The molecular formula is C26H27N3O5. The van der Waals surface area contributed by atoms with Crippen molar-refractivity contribution in [3.05, 3.63) is 89.5 Å². The highest BCUT2D eigenvalue weighted by atomic mass is 16.7. The van der Waals surface area contributed by atoms with Crippen LogP contribution >= 0.6 is 0 Å². The molecular weight excluding hydrogens is 434 g/mol. The van der Waals surface area contributed by atoms with Crippen LogP contribution in [0.25, 0.3) is 0 Å². The second-order valence-corrected chi connectivity index (χ2v) is 7.58. The summed E-state index contributed by atoms with van der Waals surface area (Å²) in [6, 6.07) is 20.7. The van der Waals surface area contributed by atoms with Crippen LogP contribution in [0.15, 0.2) is 72.8 Å². The van der Waals surface area contributed by atoms with Crippen molar-refractivity contribution in [3.8, 4) is 5.75 Å². The smallest absolute Gasteiger partial charge is 0.434 e. The van der Waals surface area contributed by atoms with Crippen molar-refractivity contribution in [2.75, 3.05) is 30.9 Å². The van der Waals surface area contributed by atoms with E-state index in [9.17, 15) is 14.4 Å². The number of anilines is 2. The van der Waals surface area contributed by atoms with E-state index in [-0.39, 0.29) is 24.2 Å². The van der Waals surface area contributed by atoms with Crippen LogP contribution in [0, 0.1) is 0 Å². The summed E-state index contributed by atoms with van der Waals surface area (Å²) in [6.07, 6.45) is -0.793. The van der Waals surface area contributed by atoms with Gasteiger partial charge in [0.25, 0.3) is 11.8 Å². The second-order valence-electron chi connectivity index (χ2n) is 7.58. The maximum absolute atomic E-state index is 12.5. The minimum atomic E-state index is -0.793. The first kappa shape index (κ1) is 24.3. The molecule has 0 aromatic heterocycles. The van der Waals surface area contributed by atoms with Crippen LogP contribution in [-0.2, 0) is 11.3 Å². The van der Waals surface area contributed by atoms with Gasteiger partial charge in [0.05, 0.1) is 6.61 Å². The van der Waals surface area contributed by atoms with E-state index in [1.807, 2.05) is 43.3 Å². The number of rotatable bonds is 8. The molecule has 2 N–H and O–H groups in total. The largest absolute Gasteiger partial charge is 0.513 e. The molecule has 0 radical (unpaired) electrons. The van der Waals surface area contributed by atoms with E-state index in [2.05, 4.69) is 10.6 Å². The maximum Gasteiger partial charge on any atom is 0.513 e. The van der Waals surface area contributed by atoms with Crippen LogP contribution in [0.5, 0.6) is 5.75 Å². The first-order chi connectivity index (χ1) is 16.4. The summed E-state index contributed by atoms with van der Waals surface area (Å²) in [5, 5.41) is 5.70. The average molecular weight is 462 g/mol. The van der Waals surface area contributed by atoms with Crippen LogP contribution in [-0.4, -0.2) is 38.7 Å². The predicted octanol–water partition coefficient (Wildman–Crippen LogP) is 4.47. The molecule has 0 spiro atoms. The Bertz CT molecular complexity index is 1120. The number of benzene rings is 3. The van der Waals surface area contributed by atoms with Crippen molar-refractivity contribution in [3.63, 3.8) is 0 Å². The van der Waals surface area contributed by atoms with Gasteiger partial charge in [0.2, 0.25) is 0 Å². The van der Waals surface area contributed by atoms with Crippen molar-refractivity contribution in [2.24, 2.45) is 0 Å². The van der Waals surface area contributed by atoms with Gasteiger partial charge in [-0.25, -0.2) is 4.79 Å². The third-order valence-corrected chi connectivity index (χ3v) is 4.89. The van der Waals surface area contributed by atoms with Gasteiger partial charge >= 0.3 is 6.16 Å². The lowest BCUT2D eigenvalue weighted by molar-refractivity contribution is 0.0949. The summed E-state index contributed by atoms with van der Waals surface area (Å²) in [5.74, 6) is -0.169. The number of carbonyl (C=O) groups excluding carboxylic acids is 3. The molecule has 34 heavy (non-hydrogen) atoms. The number of hydrogen-bond donors (Lipinski definition) is 2. The fourth-order valence-corrected chi connectivity index (χ4v) is 3.02. The number of carbonyl (C=O) groups is 3. The van der Waals surface area contributed by atoms with Gasteiger partial charge in [-0.15, -0.1) is 0 Å². The molecule has 2 amide bonds. The Balaban J connectivity index is 1.50. The van der Waals surface area contributed by atoms with Crippen LogP contribution in [0.3, 0.4) is 0 Å². The maximum atomic E-state index is 12.5. The molecule has 0 aliphatic rings. The lowest BCUT2D eigenvalue weighted by atomic mass is 10.1. The monoisotopic (exact) mass is 461 g/mol. The SMILES string of the molecule is CCOC(=O)Oc1ccc(C(=O)Nc2ccc(CNC(=O)c3ccc(N(C)C)cc3)cc2)cc1. The van der Waals surface area contributed by atoms with E-state index in [0.29, 0.717) is 23.4 Å². The summed E-state index contributed by atoms with van der Waals surface area (Å²) in [7, 11) is 3.89. The Labute approximate surface area is 198 Å². The average Bonchev–Trinajstić information content (AvgIpc) is 2.84. The van der Waals surface area contributed by atoms with Gasteiger partial charge in [-0.1, -0.05) is 12.1 Å². The number of nitrogens with zero attached hydrogens (tertiary/aromatic N) is 1. The third kappa shape index (κ3) is 6.83. The van der Waals surface area contributed by atoms with E-state index in [0.717, 1.165) is 11.3 Å². The normalized spacial score (nSPS) is 10.2.